The van der Waals surface area contributed by atoms with E-state index in [1.54, 1.807) is 18.2 Å². The van der Waals surface area contributed by atoms with Crippen LogP contribution in [-0.2, 0) is 13.2 Å². The van der Waals surface area contributed by atoms with E-state index in [2.05, 4.69) is 5.32 Å². The molecule has 0 aliphatic rings. The van der Waals surface area contributed by atoms with Gasteiger partial charge in [-0.2, -0.15) is 0 Å². The Hall–Kier alpha value is -1.62. The zero-order valence-electron chi connectivity index (χ0n) is 10.9. The molecule has 2 rings (SSSR count). The lowest BCUT2D eigenvalue weighted by Gasteiger charge is -2.08. The highest BCUT2D eigenvalue weighted by molar-refractivity contribution is 6.36. The van der Waals surface area contributed by atoms with E-state index in [0.717, 1.165) is 17.2 Å². The highest BCUT2D eigenvalue weighted by atomic mass is 35.5. The Labute approximate surface area is 131 Å². The quantitative estimate of drug-likeness (QED) is 0.843. The maximum atomic E-state index is 13.4. The van der Waals surface area contributed by atoms with E-state index in [4.69, 9.17) is 28.3 Å². The normalized spacial score (nSPS) is 10.5. The zero-order chi connectivity index (χ0) is 15.4. The molecule has 0 fully saturated rings. The zero-order valence-corrected chi connectivity index (χ0v) is 12.4. The Balaban J connectivity index is 2.10. The molecule has 0 radical (unpaired) electrons. The van der Waals surface area contributed by atoms with Gasteiger partial charge in [-0.25, -0.2) is 4.39 Å². The summed E-state index contributed by atoms with van der Waals surface area (Å²) in [4.78, 5) is 12.0. The van der Waals surface area contributed by atoms with Gasteiger partial charge in [0.2, 0.25) is 0 Å². The van der Waals surface area contributed by atoms with Crippen molar-refractivity contribution in [2.45, 2.75) is 13.2 Å². The second kappa shape index (κ2) is 6.89. The van der Waals surface area contributed by atoms with Crippen molar-refractivity contribution in [2.24, 2.45) is 0 Å². The Bertz CT molecular complexity index is 677. The molecule has 2 N–H and O–H groups in total. The molecule has 0 spiro atoms. The number of benzene rings is 2. The minimum absolute atomic E-state index is 0.0249. The summed E-state index contributed by atoms with van der Waals surface area (Å²) in [5.74, 6) is -1.20. The summed E-state index contributed by atoms with van der Waals surface area (Å²) < 4.78 is 13.4. The van der Waals surface area contributed by atoms with Gasteiger partial charge in [0.15, 0.2) is 0 Å². The van der Waals surface area contributed by atoms with E-state index in [1.165, 1.54) is 6.07 Å². The van der Waals surface area contributed by atoms with Crippen molar-refractivity contribution in [2.75, 3.05) is 0 Å². The summed E-state index contributed by atoms with van der Waals surface area (Å²) in [5, 5.41) is 11.6. The van der Waals surface area contributed by atoms with Crippen LogP contribution in [0.15, 0.2) is 36.4 Å². The fraction of sp³-hybridized carbons (Fsp3) is 0.133. The Morgan fingerprint density at radius 2 is 1.86 bits per heavy atom. The SMILES string of the molecule is O=C(NCc1cccc(CO)c1)c1cc(F)c(Cl)cc1Cl. The van der Waals surface area contributed by atoms with Crippen molar-refractivity contribution in [1.82, 2.24) is 5.32 Å². The van der Waals surface area contributed by atoms with E-state index in [0.29, 0.717) is 0 Å². The molecule has 21 heavy (non-hydrogen) atoms. The molecule has 2 aromatic carbocycles. The molecule has 0 saturated heterocycles. The van der Waals surface area contributed by atoms with Gasteiger partial charge >= 0.3 is 0 Å². The molecule has 0 atom stereocenters. The average molecular weight is 328 g/mol. The van der Waals surface area contributed by atoms with Crippen molar-refractivity contribution in [3.8, 4) is 0 Å². The average Bonchev–Trinajstić information content (AvgIpc) is 2.48. The number of hydrogen-bond acceptors (Lipinski definition) is 2. The number of hydrogen-bond donors (Lipinski definition) is 2. The van der Waals surface area contributed by atoms with Gasteiger partial charge in [-0.05, 0) is 23.3 Å². The second-order valence-corrected chi connectivity index (χ2v) is 5.22. The van der Waals surface area contributed by atoms with E-state index in [-0.39, 0.29) is 28.8 Å². The largest absolute Gasteiger partial charge is 0.392 e. The third-order valence-corrected chi connectivity index (χ3v) is 3.48. The first-order valence-corrected chi connectivity index (χ1v) is 6.88. The van der Waals surface area contributed by atoms with E-state index in [1.807, 2.05) is 6.07 Å². The number of nitrogens with one attached hydrogen (secondary N) is 1. The van der Waals surface area contributed by atoms with Crippen molar-refractivity contribution in [3.05, 3.63) is 69.0 Å². The smallest absolute Gasteiger partial charge is 0.253 e. The Kier molecular flexibility index (Phi) is 5.17. The molecule has 0 saturated carbocycles. The van der Waals surface area contributed by atoms with Crippen LogP contribution in [0.1, 0.15) is 21.5 Å². The van der Waals surface area contributed by atoms with Crippen LogP contribution in [-0.4, -0.2) is 11.0 Å². The first kappa shape index (κ1) is 15.8. The van der Waals surface area contributed by atoms with E-state index < -0.39 is 11.7 Å². The van der Waals surface area contributed by atoms with Crippen LogP contribution < -0.4 is 5.32 Å². The minimum Gasteiger partial charge on any atom is -0.392 e. The standard InChI is InChI=1S/C15H12Cl2FNO2/c16-12-6-13(17)14(18)5-11(12)15(21)19-7-9-2-1-3-10(4-9)8-20/h1-6,20H,7-8H2,(H,19,21). The lowest BCUT2D eigenvalue weighted by molar-refractivity contribution is 0.0950. The van der Waals surface area contributed by atoms with Gasteiger partial charge in [-0.15, -0.1) is 0 Å². The van der Waals surface area contributed by atoms with Gasteiger partial charge < -0.3 is 10.4 Å². The molecule has 0 aromatic heterocycles. The number of carbonyl (C=O) groups excluding carboxylic acids is 1. The third kappa shape index (κ3) is 3.94. The molecule has 2 aromatic rings. The van der Waals surface area contributed by atoms with Crippen LogP contribution in [0, 0.1) is 5.82 Å². The highest BCUT2D eigenvalue weighted by Gasteiger charge is 2.14. The molecule has 0 aliphatic heterocycles. The lowest BCUT2D eigenvalue weighted by atomic mass is 10.1. The van der Waals surface area contributed by atoms with Crippen molar-refractivity contribution < 1.29 is 14.3 Å². The number of rotatable bonds is 4. The summed E-state index contributed by atoms with van der Waals surface area (Å²) in [7, 11) is 0. The van der Waals surface area contributed by atoms with Crippen molar-refractivity contribution in [3.63, 3.8) is 0 Å². The molecule has 110 valence electrons. The summed E-state index contributed by atoms with van der Waals surface area (Å²) in [6.45, 7) is 0.170. The van der Waals surface area contributed by atoms with Gasteiger partial charge in [-0.3, -0.25) is 4.79 Å². The molecule has 3 nitrogen and oxygen atoms in total. The number of carbonyl (C=O) groups is 1. The maximum absolute atomic E-state index is 13.4. The fourth-order valence-electron chi connectivity index (χ4n) is 1.81. The topological polar surface area (TPSA) is 49.3 Å². The van der Waals surface area contributed by atoms with Crippen LogP contribution in [0.2, 0.25) is 10.0 Å². The van der Waals surface area contributed by atoms with Gasteiger partial charge in [0.05, 0.1) is 22.2 Å². The molecule has 0 unspecified atom stereocenters. The Morgan fingerprint density at radius 3 is 2.57 bits per heavy atom. The molecule has 0 aliphatic carbocycles. The summed E-state index contributed by atoms with van der Waals surface area (Å²) in [6.07, 6.45) is 0. The van der Waals surface area contributed by atoms with Crippen LogP contribution in [0.25, 0.3) is 0 Å². The predicted molar refractivity (Wildman–Crippen MR) is 80.0 cm³/mol. The summed E-state index contributed by atoms with van der Waals surface area (Å²) in [5.41, 5.74) is 1.59. The van der Waals surface area contributed by atoms with Crippen molar-refractivity contribution in [1.29, 1.82) is 0 Å². The molecule has 0 bridgehead atoms. The van der Waals surface area contributed by atoms with Crippen LogP contribution in [0.4, 0.5) is 4.39 Å². The molecule has 1 amide bonds. The third-order valence-electron chi connectivity index (χ3n) is 2.88. The number of amides is 1. The maximum Gasteiger partial charge on any atom is 0.253 e. The number of aliphatic hydroxyl groups is 1. The van der Waals surface area contributed by atoms with Gasteiger partial charge in [-0.1, -0.05) is 47.5 Å². The van der Waals surface area contributed by atoms with E-state index >= 15 is 0 Å². The number of halogens is 3. The first-order valence-electron chi connectivity index (χ1n) is 6.12. The number of aliphatic hydroxyl groups excluding tert-OH is 1. The van der Waals surface area contributed by atoms with Gasteiger partial charge in [0.25, 0.3) is 5.91 Å². The van der Waals surface area contributed by atoms with Crippen LogP contribution >= 0.6 is 23.2 Å². The molecular formula is C15H12Cl2FNO2. The van der Waals surface area contributed by atoms with Gasteiger partial charge in [0.1, 0.15) is 5.82 Å². The first-order chi connectivity index (χ1) is 10.0. The summed E-state index contributed by atoms with van der Waals surface area (Å²) in [6, 6.07) is 9.33. The van der Waals surface area contributed by atoms with Gasteiger partial charge in [0, 0.05) is 6.54 Å². The second-order valence-electron chi connectivity index (χ2n) is 4.41. The minimum atomic E-state index is -0.700. The molecule has 0 heterocycles. The molecular weight excluding hydrogens is 316 g/mol. The summed E-state index contributed by atoms with van der Waals surface area (Å²) >= 11 is 11.5. The Morgan fingerprint density at radius 1 is 1.14 bits per heavy atom. The monoisotopic (exact) mass is 327 g/mol. The van der Waals surface area contributed by atoms with Crippen LogP contribution in [0.5, 0.6) is 0 Å². The van der Waals surface area contributed by atoms with Crippen LogP contribution in [0.3, 0.4) is 0 Å². The van der Waals surface area contributed by atoms with E-state index in [9.17, 15) is 9.18 Å². The van der Waals surface area contributed by atoms with Crippen molar-refractivity contribution >= 4 is 29.1 Å². The lowest BCUT2D eigenvalue weighted by Crippen LogP contribution is -2.23. The highest BCUT2D eigenvalue weighted by Crippen LogP contribution is 2.24. The fourth-order valence-corrected chi connectivity index (χ4v) is 2.28. The molecule has 6 heteroatoms. The predicted octanol–water partition coefficient (Wildman–Crippen LogP) is 3.55.